The highest BCUT2D eigenvalue weighted by Gasteiger charge is 2.15. The van der Waals surface area contributed by atoms with E-state index < -0.39 is 0 Å². The molecule has 0 aliphatic heterocycles. The first-order chi connectivity index (χ1) is 10.3. The van der Waals surface area contributed by atoms with Crippen molar-refractivity contribution in [2.75, 3.05) is 0 Å². The Labute approximate surface area is 119 Å². The second-order valence-electron chi connectivity index (χ2n) is 4.80. The number of nitrogens with zero attached hydrogens (tertiary/aromatic N) is 3. The van der Waals surface area contributed by atoms with Crippen LogP contribution in [0.25, 0.3) is 22.0 Å². The molecule has 0 saturated heterocycles. The van der Waals surface area contributed by atoms with E-state index in [-0.39, 0.29) is 12.3 Å². The van der Waals surface area contributed by atoms with E-state index >= 15 is 0 Å². The van der Waals surface area contributed by atoms with Crippen LogP contribution < -0.4 is 0 Å². The van der Waals surface area contributed by atoms with Crippen LogP contribution in [0.2, 0.25) is 0 Å². The molecule has 2 aromatic carbocycles. The molecule has 0 aliphatic carbocycles. The number of hydrogen-bond donors (Lipinski definition) is 0. The molecule has 5 nitrogen and oxygen atoms in total. The van der Waals surface area contributed by atoms with Gasteiger partial charge in [0.1, 0.15) is 23.9 Å². The Morgan fingerprint density at radius 3 is 2.86 bits per heavy atom. The lowest BCUT2D eigenvalue weighted by atomic mass is 10.1. The minimum atomic E-state index is -0.0457. The van der Waals surface area contributed by atoms with Gasteiger partial charge in [0.15, 0.2) is 5.78 Å². The van der Waals surface area contributed by atoms with Gasteiger partial charge in [-0.15, -0.1) is 5.10 Å². The van der Waals surface area contributed by atoms with Gasteiger partial charge in [0.05, 0.1) is 11.1 Å². The topological polar surface area (TPSA) is 60.9 Å². The highest BCUT2D eigenvalue weighted by atomic mass is 16.3. The molecule has 0 saturated carbocycles. The van der Waals surface area contributed by atoms with Gasteiger partial charge in [0.2, 0.25) is 0 Å². The fraction of sp³-hybridized carbons (Fsp3) is 0.0625. The molecule has 0 bridgehead atoms. The van der Waals surface area contributed by atoms with E-state index in [1.54, 1.807) is 4.68 Å². The maximum absolute atomic E-state index is 12.5. The number of ketones is 1. The second kappa shape index (κ2) is 4.56. The molecule has 0 spiro atoms. The second-order valence-corrected chi connectivity index (χ2v) is 4.80. The minimum Gasteiger partial charge on any atom is -0.464 e. The molecule has 5 heteroatoms. The van der Waals surface area contributed by atoms with Gasteiger partial charge in [0, 0.05) is 5.39 Å². The van der Waals surface area contributed by atoms with Crippen molar-refractivity contribution in [2.45, 2.75) is 6.54 Å². The van der Waals surface area contributed by atoms with Crippen LogP contribution in [0.3, 0.4) is 0 Å². The molecule has 102 valence electrons. The number of carbonyl (C=O) groups excluding carboxylic acids is 1. The number of Topliss-reactive ketones (excluding diaryl/α,β-unsaturated/α-hetero) is 1. The average Bonchev–Trinajstić information content (AvgIpc) is 3.12. The molecule has 0 amide bonds. The predicted molar refractivity (Wildman–Crippen MR) is 78.1 cm³/mol. The number of carbonyl (C=O) groups is 1. The molecule has 21 heavy (non-hydrogen) atoms. The van der Waals surface area contributed by atoms with Crippen molar-refractivity contribution in [2.24, 2.45) is 0 Å². The molecule has 4 rings (SSSR count). The summed E-state index contributed by atoms with van der Waals surface area (Å²) < 4.78 is 7.02. The lowest BCUT2D eigenvalue weighted by molar-refractivity contribution is 0.0969. The number of fused-ring (bicyclic) bond motifs is 2. The van der Waals surface area contributed by atoms with Crippen LogP contribution in [0.1, 0.15) is 10.4 Å². The highest BCUT2D eigenvalue weighted by molar-refractivity contribution is 6.07. The summed E-state index contributed by atoms with van der Waals surface area (Å²) in [6.07, 6.45) is 1.51. The first-order valence-corrected chi connectivity index (χ1v) is 6.60. The maximum Gasteiger partial charge on any atom is 0.188 e. The van der Waals surface area contributed by atoms with E-state index in [4.69, 9.17) is 4.42 Å². The molecule has 0 aliphatic rings. The summed E-state index contributed by atoms with van der Waals surface area (Å²) in [7, 11) is 0. The van der Waals surface area contributed by atoms with Crippen LogP contribution in [0.4, 0.5) is 0 Å². The van der Waals surface area contributed by atoms with Gasteiger partial charge < -0.3 is 4.42 Å². The molecule has 0 atom stereocenters. The van der Waals surface area contributed by atoms with E-state index in [2.05, 4.69) is 10.3 Å². The number of furan rings is 1. The quantitative estimate of drug-likeness (QED) is 0.540. The monoisotopic (exact) mass is 277 g/mol. The number of rotatable bonds is 3. The van der Waals surface area contributed by atoms with Crippen LogP contribution in [-0.2, 0) is 6.54 Å². The summed E-state index contributed by atoms with van der Waals surface area (Å²) in [5.41, 5.74) is 2.91. The Morgan fingerprint density at radius 2 is 1.90 bits per heavy atom. The Morgan fingerprint density at radius 1 is 1.10 bits per heavy atom. The van der Waals surface area contributed by atoms with Crippen LogP contribution in [0.5, 0.6) is 0 Å². The fourth-order valence-corrected chi connectivity index (χ4v) is 2.45. The van der Waals surface area contributed by atoms with Gasteiger partial charge in [-0.3, -0.25) is 4.79 Å². The third kappa shape index (κ3) is 1.90. The summed E-state index contributed by atoms with van der Waals surface area (Å²) in [6, 6.07) is 15.1. The molecule has 2 aromatic heterocycles. The van der Waals surface area contributed by atoms with Crippen molar-refractivity contribution in [3.05, 3.63) is 60.4 Å². The number of hydrogen-bond acceptors (Lipinski definition) is 4. The third-order valence-corrected chi connectivity index (χ3v) is 3.49. The lowest BCUT2D eigenvalue weighted by Gasteiger charge is -2.00. The van der Waals surface area contributed by atoms with E-state index in [1.807, 2.05) is 48.5 Å². The molecular weight excluding hydrogens is 266 g/mol. The summed E-state index contributed by atoms with van der Waals surface area (Å²) in [6.45, 7) is 0.143. The van der Waals surface area contributed by atoms with Gasteiger partial charge in [-0.05, 0) is 18.2 Å². The standard InChI is InChI=1S/C16H11N3O2/c20-15(12-10-21-16-8-4-1-5-11(12)16)9-19-14-7-3-2-6-13(14)17-18-19/h1-8,10H,9H2. The van der Waals surface area contributed by atoms with Crippen molar-refractivity contribution in [3.8, 4) is 0 Å². The zero-order valence-corrected chi connectivity index (χ0v) is 11.1. The molecule has 4 aromatic rings. The molecule has 0 radical (unpaired) electrons. The Kier molecular flexibility index (Phi) is 2.57. The Hall–Kier alpha value is -2.95. The van der Waals surface area contributed by atoms with E-state index in [9.17, 15) is 4.79 Å². The number of para-hydroxylation sites is 2. The highest BCUT2D eigenvalue weighted by Crippen LogP contribution is 2.22. The summed E-state index contributed by atoms with van der Waals surface area (Å²) >= 11 is 0. The molecule has 0 N–H and O–H groups in total. The van der Waals surface area contributed by atoms with Gasteiger partial charge in [-0.2, -0.15) is 0 Å². The van der Waals surface area contributed by atoms with Crippen LogP contribution in [0.15, 0.2) is 59.2 Å². The summed E-state index contributed by atoms with van der Waals surface area (Å²) in [4.78, 5) is 12.5. The van der Waals surface area contributed by atoms with Crippen molar-refractivity contribution in [1.29, 1.82) is 0 Å². The van der Waals surface area contributed by atoms with Crippen molar-refractivity contribution in [1.82, 2.24) is 15.0 Å². The number of benzene rings is 2. The zero-order valence-electron chi connectivity index (χ0n) is 11.1. The smallest absolute Gasteiger partial charge is 0.188 e. The lowest BCUT2D eigenvalue weighted by Crippen LogP contribution is -2.11. The number of aromatic nitrogens is 3. The third-order valence-electron chi connectivity index (χ3n) is 3.49. The average molecular weight is 277 g/mol. The molecule has 2 heterocycles. The first kappa shape index (κ1) is 11.8. The van der Waals surface area contributed by atoms with Gasteiger partial charge in [0.25, 0.3) is 0 Å². The molecule has 0 unspecified atom stereocenters. The van der Waals surface area contributed by atoms with E-state index in [0.717, 1.165) is 16.4 Å². The summed E-state index contributed by atoms with van der Waals surface area (Å²) in [5.74, 6) is -0.0457. The molecule has 0 fully saturated rings. The fourth-order valence-electron chi connectivity index (χ4n) is 2.45. The van der Waals surface area contributed by atoms with E-state index in [1.165, 1.54) is 6.26 Å². The Bertz CT molecular complexity index is 952. The maximum atomic E-state index is 12.5. The molecular formula is C16H11N3O2. The van der Waals surface area contributed by atoms with Gasteiger partial charge in [-0.25, -0.2) is 4.68 Å². The SMILES string of the molecule is O=C(Cn1nnc2ccccc21)c1coc2ccccc12. The predicted octanol–water partition coefficient (Wildman–Crippen LogP) is 3.06. The zero-order chi connectivity index (χ0) is 14.2. The first-order valence-electron chi connectivity index (χ1n) is 6.60. The Balaban J connectivity index is 1.72. The van der Waals surface area contributed by atoms with Gasteiger partial charge in [-0.1, -0.05) is 35.5 Å². The minimum absolute atomic E-state index is 0.0457. The van der Waals surface area contributed by atoms with Gasteiger partial charge >= 0.3 is 0 Å². The van der Waals surface area contributed by atoms with E-state index in [0.29, 0.717) is 11.1 Å². The largest absolute Gasteiger partial charge is 0.464 e. The summed E-state index contributed by atoms with van der Waals surface area (Å²) in [5, 5.41) is 8.92. The van der Waals surface area contributed by atoms with Crippen LogP contribution in [-0.4, -0.2) is 20.8 Å². The van der Waals surface area contributed by atoms with Crippen LogP contribution >= 0.6 is 0 Å². The van der Waals surface area contributed by atoms with Crippen molar-refractivity contribution in [3.63, 3.8) is 0 Å². The normalized spacial score (nSPS) is 11.2. The van der Waals surface area contributed by atoms with Crippen molar-refractivity contribution < 1.29 is 9.21 Å². The van der Waals surface area contributed by atoms with Crippen LogP contribution in [0, 0.1) is 0 Å². The van der Waals surface area contributed by atoms with Crippen molar-refractivity contribution >= 4 is 27.8 Å².